The van der Waals surface area contributed by atoms with Crippen molar-refractivity contribution in [1.29, 1.82) is 0 Å². The molecular weight excluding hydrogens is 444 g/mol. The Balaban J connectivity index is 1.45. The lowest BCUT2D eigenvalue weighted by atomic mass is 9.98. The number of carbonyl (C=O) groups is 3. The number of benzene rings is 3. The zero-order valence-corrected chi connectivity index (χ0v) is 19.7. The van der Waals surface area contributed by atoms with Crippen molar-refractivity contribution in [3.8, 4) is 11.1 Å². The Hall–Kier alpha value is -4.13. The number of nitrogens with one attached hydrogen (secondary N) is 2. The minimum atomic E-state index is -1.10. The molecule has 4 rings (SSSR count). The number of carboxylic acids is 1. The normalized spacial score (nSPS) is 13.8. The molecule has 180 valence electrons. The monoisotopic (exact) mass is 472 g/mol. The molecule has 0 heterocycles. The molecule has 2 atom stereocenters. The second-order valence-electron chi connectivity index (χ2n) is 8.67. The molecule has 1 aliphatic carbocycles. The number of amides is 2. The van der Waals surface area contributed by atoms with Crippen molar-refractivity contribution in [2.24, 2.45) is 5.92 Å². The van der Waals surface area contributed by atoms with Crippen LogP contribution in [0.25, 0.3) is 11.1 Å². The van der Waals surface area contributed by atoms with Gasteiger partial charge in [-0.25, -0.2) is 9.59 Å². The van der Waals surface area contributed by atoms with Gasteiger partial charge in [-0.1, -0.05) is 80.9 Å². The lowest BCUT2D eigenvalue weighted by Crippen LogP contribution is -2.45. The molecule has 7 nitrogen and oxygen atoms in total. The largest absolute Gasteiger partial charge is 0.480 e. The van der Waals surface area contributed by atoms with E-state index in [1.54, 1.807) is 25.1 Å². The van der Waals surface area contributed by atoms with Crippen LogP contribution >= 0.6 is 0 Å². The summed E-state index contributed by atoms with van der Waals surface area (Å²) in [5.41, 5.74) is 4.88. The van der Waals surface area contributed by atoms with Crippen molar-refractivity contribution in [3.63, 3.8) is 0 Å². The second-order valence-corrected chi connectivity index (χ2v) is 8.67. The fraction of sp³-hybridized carbons (Fsp3) is 0.250. The van der Waals surface area contributed by atoms with E-state index in [1.807, 2.05) is 43.3 Å². The van der Waals surface area contributed by atoms with Gasteiger partial charge in [0.15, 0.2) is 0 Å². The van der Waals surface area contributed by atoms with Crippen molar-refractivity contribution >= 4 is 23.7 Å². The smallest absolute Gasteiger partial charge is 0.411 e. The number of carbonyl (C=O) groups excluding carboxylic acids is 2. The summed E-state index contributed by atoms with van der Waals surface area (Å²) in [6.07, 6.45) is -0.0968. The molecule has 0 radical (unpaired) electrons. The predicted molar refractivity (Wildman–Crippen MR) is 133 cm³/mol. The van der Waals surface area contributed by atoms with Gasteiger partial charge in [-0.3, -0.25) is 10.1 Å². The van der Waals surface area contributed by atoms with Gasteiger partial charge in [-0.15, -0.1) is 0 Å². The molecule has 7 heteroatoms. The van der Waals surface area contributed by atoms with Crippen molar-refractivity contribution in [1.82, 2.24) is 5.32 Å². The summed E-state index contributed by atoms with van der Waals surface area (Å²) in [6, 6.07) is 21.5. The zero-order valence-electron chi connectivity index (χ0n) is 19.7. The summed E-state index contributed by atoms with van der Waals surface area (Å²) in [4.78, 5) is 37.2. The van der Waals surface area contributed by atoms with Gasteiger partial charge in [0.1, 0.15) is 12.6 Å². The standard InChI is InChI=1S/C28H28N2O5/c1-3-17(2)25(27(32)33)30-26(31)22-14-8-9-15-24(22)29-28(34)35-16-23-20-12-6-4-10-18(20)19-11-5-7-13-21(19)23/h4-15,17,23,25H,3,16H2,1-2H3,(H,29,34)(H,30,31)(H,32,33)/t17?,25-/m0/s1. The molecule has 0 fully saturated rings. The van der Waals surface area contributed by atoms with Crippen LogP contribution in [0.5, 0.6) is 0 Å². The van der Waals surface area contributed by atoms with Crippen molar-refractivity contribution in [3.05, 3.63) is 89.5 Å². The molecular formula is C28H28N2O5. The number of hydrogen-bond acceptors (Lipinski definition) is 4. The number of ether oxygens (including phenoxy) is 1. The van der Waals surface area contributed by atoms with Crippen LogP contribution in [0.4, 0.5) is 10.5 Å². The van der Waals surface area contributed by atoms with Gasteiger partial charge in [0, 0.05) is 5.92 Å². The maximum absolute atomic E-state index is 12.9. The first kappa shape index (κ1) is 24.0. The molecule has 0 aromatic heterocycles. The van der Waals surface area contributed by atoms with Crippen LogP contribution in [0.2, 0.25) is 0 Å². The number of fused-ring (bicyclic) bond motifs is 3. The van der Waals surface area contributed by atoms with Crippen LogP contribution in [0, 0.1) is 5.92 Å². The molecule has 3 N–H and O–H groups in total. The Labute approximate surface area is 204 Å². The van der Waals surface area contributed by atoms with E-state index >= 15 is 0 Å². The topological polar surface area (TPSA) is 105 Å². The third-order valence-corrected chi connectivity index (χ3v) is 6.52. The van der Waals surface area contributed by atoms with Crippen LogP contribution in [0.15, 0.2) is 72.8 Å². The van der Waals surface area contributed by atoms with E-state index in [9.17, 15) is 19.5 Å². The lowest BCUT2D eigenvalue weighted by Gasteiger charge is -2.21. The molecule has 1 unspecified atom stereocenters. The number of anilines is 1. The summed E-state index contributed by atoms with van der Waals surface area (Å²) in [5, 5.41) is 14.7. The fourth-order valence-corrected chi connectivity index (χ4v) is 4.44. The highest BCUT2D eigenvalue weighted by Crippen LogP contribution is 2.44. The van der Waals surface area contributed by atoms with Crippen LogP contribution < -0.4 is 10.6 Å². The van der Waals surface area contributed by atoms with Gasteiger partial charge in [0.05, 0.1) is 11.3 Å². The first-order valence-electron chi connectivity index (χ1n) is 11.6. The van der Waals surface area contributed by atoms with E-state index in [2.05, 4.69) is 22.8 Å². The summed E-state index contributed by atoms with van der Waals surface area (Å²) in [5.74, 6) is -2.01. The van der Waals surface area contributed by atoms with Gasteiger partial charge >= 0.3 is 12.1 Å². The van der Waals surface area contributed by atoms with Crippen LogP contribution in [-0.2, 0) is 9.53 Å². The molecule has 0 aliphatic heterocycles. The molecule has 1 aliphatic rings. The SMILES string of the molecule is CCC(C)[C@H](NC(=O)c1ccccc1NC(=O)OCC1c2ccccc2-c2ccccc21)C(=O)O. The van der Waals surface area contributed by atoms with Gasteiger partial charge in [0.2, 0.25) is 0 Å². The number of rotatable bonds is 8. The number of carboxylic acid groups (broad SMARTS) is 1. The van der Waals surface area contributed by atoms with Crippen molar-refractivity contribution in [2.75, 3.05) is 11.9 Å². The first-order chi connectivity index (χ1) is 16.9. The fourth-order valence-electron chi connectivity index (χ4n) is 4.44. The van der Waals surface area contributed by atoms with Crippen molar-refractivity contribution < 1.29 is 24.2 Å². The van der Waals surface area contributed by atoms with Gasteiger partial charge in [-0.05, 0) is 40.3 Å². The Morgan fingerprint density at radius 3 is 2.09 bits per heavy atom. The van der Waals surface area contributed by atoms with E-state index in [4.69, 9.17) is 4.74 Å². The van der Waals surface area contributed by atoms with E-state index in [1.165, 1.54) is 6.07 Å². The van der Waals surface area contributed by atoms with Crippen molar-refractivity contribution in [2.45, 2.75) is 32.2 Å². The highest BCUT2D eigenvalue weighted by molar-refractivity contribution is 6.03. The molecule has 2 amide bonds. The molecule has 3 aromatic carbocycles. The average Bonchev–Trinajstić information content (AvgIpc) is 3.19. The predicted octanol–water partition coefficient (Wildman–Crippen LogP) is 5.28. The van der Waals surface area contributed by atoms with Crippen LogP contribution in [0.1, 0.15) is 47.7 Å². The van der Waals surface area contributed by atoms with Crippen LogP contribution in [-0.4, -0.2) is 35.7 Å². The van der Waals surface area contributed by atoms with E-state index in [-0.39, 0.29) is 29.7 Å². The third kappa shape index (κ3) is 5.04. The Bertz CT molecular complexity index is 1210. The highest BCUT2D eigenvalue weighted by Gasteiger charge is 2.30. The molecule has 0 saturated heterocycles. The van der Waals surface area contributed by atoms with Gasteiger partial charge < -0.3 is 15.2 Å². The maximum Gasteiger partial charge on any atom is 0.411 e. The summed E-state index contributed by atoms with van der Waals surface area (Å²) in [7, 11) is 0. The highest BCUT2D eigenvalue weighted by atomic mass is 16.5. The Kier molecular flexibility index (Phi) is 7.15. The molecule has 0 bridgehead atoms. The lowest BCUT2D eigenvalue weighted by molar-refractivity contribution is -0.140. The van der Waals surface area contributed by atoms with E-state index in [0.29, 0.717) is 6.42 Å². The Morgan fingerprint density at radius 1 is 0.914 bits per heavy atom. The second kappa shape index (κ2) is 10.4. The van der Waals surface area contributed by atoms with E-state index < -0.39 is 24.0 Å². The third-order valence-electron chi connectivity index (χ3n) is 6.52. The summed E-state index contributed by atoms with van der Waals surface area (Å²) < 4.78 is 5.58. The molecule has 0 saturated carbocycles. The number of hydrogen-bond donors (Lipinski definition) is 3. The number of para-hydroxylation sites is 1. The zero-order chi connectivity index (χ0) is 24.9. The maximum atomic E-state index is 12.9. The molecule has 35 heavy (non-hydrogen) atoms. The summed E-state index contributed by atoms with van der Waals surface area (Å²) in [6.45, 7) is 3.77. The molecule has 3 aromatic rings. The van der Waals surface area contributed by atoms with Gasteiger partial charge in [-0.2, -0.15) is 0 Å². The number of aliphatic carboxylic acids is 1. The first-order valence-corrected chi connectivity index (χ1v) is 11.6. The quantitative estimate of drug-likeness (QED) is 0.414. The molecule has 0 spiro atoms. The minimum absolute atomic E-state index is 0.0847. The van der Waals surface area contributed by atoms with E-state index in [0.717, 1.165) is 22.3 Å². The average molecular weight is 473 g/mol. The van der Waals surface area contributed by atoms with Gasteiger partial charge in [0.25, 0.3) is 5.91 Å². The summed E-state index contributed by atoms with van der Waals surface area (Å²) >= 11 is 0. The van der Waals surface area contributed by atoms with Crippen LogP contribution in [0.3, 0.4) is 0 Å². The Morgan fingerprint density at radius 2 is 1.49 bits per heavy atom. The minimum Gasteiger partial charge on any atom is -0.480 e.